The molecule has 1 aliphatic heterocycles. The van der Waals surface area contributed by atoms with Crippen LogP contribution in [0.3, 0.4) is 0 Å². The van der Waals surface area contributed by atoms with Crippen molar-refractivity contribution in [3.8, 4) is 0 Å². The van der Waals surface area contributed by atoms with Crippen LogP contribution >= 0.6 is 0 Å². The lowest BCUT2D eigenvalue weighted by molar-refractivity contribution is -0.122. The van der Waals surface area contributed by atoms with Gasteiger partial charge in [0.25, 0.3) is 0 Å². The highest BCUT2D eigenvalue weighted by Crippen LogP contribution is 2.25. The van der Waals surface area contributed by atoms with E-state index in [2.05, 4.69) is 17.6 Å². The Bertz CT molecular complexity index is 285. The number of piperidine rings is 1. The molecule has 0 aromatic heterocycles. The van der Waals surface area contributed by atoms with Crippen molar-refractivity contribution in [2.24, 2.45) is 11.8 Å². The average molecular weight is 280 g/mol. The van der Waals surface area contributed by atoms with Crippen molar-refractivity contribution in [3.63, 3.8) is 0 Å². The van der Waals surface area contributed by atoms with Gasteiger partial charge in [-0.3, -0.25) is 4.79 Å². The molecule has 116 valence electrons. The van der Waals surface area contributed by atoms with Crippen LogP contribution in [0.2, 0.25) is 0 Å². The lowest BCUT2D eigenvalue weighted by atomic mass is 9.88. The van der Waals surface area contributed by atoms with Crippen LogP contribution in [0.5, 0.6) is 0 Å². The van der Waals surface area contributed by atoms with Gasteiger partial charge in [-0.1, -0.05) is 39.0 Å². The number of amides is 1. The Morgan fingerprint density at radius 1 is 1.10 bits per heavy atom. The van der Waals surface area contributed by atoms with E-state index in [0.29, 0.717) is 12.0 Å². The van der Waals surface area contributed by atoms with Crippen molar-refractivity contribution in [3.05, 3.63) is 0 Å². The lowest BCUT2D eigenvalue weighted by Crippen LogP contribution is -2.48. The van der Waals surface area contributed by atoms with Crippen LogP contribution in [-0.2, 0) is 4.79 Å². The number of rotatable bonds is 5. The maximum atomic E-state index is 12.1. The van der Waals surface area contributed by atoms with Crippen molar-refractivity contribution in [1.82, 2.24) is 10.6 Å². The summed E-state index contributed by atoms with van der Waals surface area (Å²) in [7, 11) is 0. The first-order chi connectivity index (χ1) is 9.79. The predicted octanol–water partition coefficient (Wildman–Crippen LogP) is 3.24. The number of hydrogen-bond donors (Lipinski definition) is 2. The summed E-state index contributed by atoms with van der Waals surface area (Å²) >= 11 is 0. The Morgan fingerprint density at radius 3 is 2.55 bits per heavy atom. The van der Waals surface area contributed by atoms with Crippen LogP contribution in [0.4, 0.5) is 0 Å². The molecule has 2 rings (SSSR count). The maximum Gasteiger partial charge on any atom is 0.220 e. The van der Waals surface area contributed by atoms with Gasteiger partial charge in [0.2, 0.25) is 5.91 Å². The zero-order valence-electron chi connectivity index (χ0n) is 13.1. The molecule has 1 saturated heterocycles. The SMILES string of the molecule is CCC1CCCNC1CNC(=O)CC1CCCCCC1. The number of nitrogens with one attached hydrogen (secondary N) is 2. The Hall–Kier alpha value is -0.570. The highest BCUT2D eigenvalue weighted by Gasteiger charge is 2.24. The molecule has 0 spiro atoms. The minimum Gasteiger partial charge on any atom is -0.355 e. The van der Waals surface area contributed by atoms with Gasteiger partial charge in [0.15, 0.2) is 0 Å². The molecular weight excluding hydrogens is 248 g/mol. The van der Waals surface area contributed by atoms with Gasteiger partial charge >= 0.3 is 0 Å². The summed E-state index contributed by atoms with van der Waals surface area (Å²) in [6.45, 7) is 4.20. The maximum absolute atomic E-state index is 12.1. The van der Waals surface area contributed by atoms with Gasteiger partial charge in [-0.25, -0.2) is 0 Å². The molecule has 2 atom stereocenters. The molecular formula is C17H32N2O. The quantitative estimate of drug-likeness (QED) is 0.759. The molecule has 2 N–H and O–H groups in total. The van der Waals surface area contributed by atoms with Gasteiger partial charge in [0, 0.05) is 19.0 Å². The van der Waals surface area contributed by atoms with Crippen LogP contribution in [0, 0.1) is 11.8 Å². The van der Waals surface area contributed by atoms with Crippen molar-refractivity contribution in [2.75, 3.05) is 13.1 Å². The third-order valence-electron chi connectivity index (χ3n) is 5.22. The summed E-state index contributed by atoms with van der Waals surface area (Å²) in [6, 6.07) is 0.492. The topological polar surface area (TPSA) is 41.1 Å². The van der Waals surface area contributed by atoms with Crippen LogP contribution in [0.15, 0.2) is 0 Å². The van der Waals surface area contributed by atoms with Crippen molar-refractivity contribution < 1.29 is 4.79 Å². The molecule has 0 aromatic rings. The van der Waals surface area contributed by atoms with Crippen molar-refractivity contribution >= 4 is 5.91 Å². The Balaban J connectivity index is 1.68. The van der Waals surface area contributed by atoms with Crippen LogP contribution in [0.25, 0.3) is 0 Å². The third kappa shape index (κ3) is 5.08. The largest absolute Gasteiger partial charge is 0.355 e. The van der Waals surface area contributed by atoms with E-state index in [1.54, 1.807) is 0 Å². The normalized spacial score (nSPS) is 28.9. The van der Waals surface area contributed by atoms with E-state index in [0.717, 1.165) is 25.4 Å². The highest BCUT2D eigenvalue weighted by molar-refractivity contribution is 5.76. The van der Waals surface area contributed by atoms with Gasteiger partial charge in [0.05, 0.1) is 0 Å². The summed E-state index contributed by atoms with van der Waals surface area (Å²) < 4.78 is 0. The number of carbonyl (C=O) groups excluding carboxylic acids is 1. The monoisotopic (exact) mass is 280 g/mol. The molecule has 2 aliphatic rings. The van der Waals surface area contributed by atoms with E-state index in [1.165, 1.54) is 57.8 Å². The molecule has 2 fully saturated rings. The Kier molecular flexibility index (Phi) is 6.85. The van der Waals surface area contributed by atoms with Gasteiger partial charge in [0.1, 0.15) is 0 Å². The molecule has 3 heteroatoms. The summed E-state index contributed by atoms with van der Waals surface area (Å²) in [5.74, 6) is 1.65. The minimum atomic E-state index is 0.277. The fraction of sp³-hybridized carbons (Fsp3) is 0.941. The van der Waals surface area contributed by atoms with E-state index in [9.17, 15) is 4.79 Å². The summed E-state index contributed by atoms with van der Waals surface area (Å²) in [6.07, 6.45) is 12.4. The van der Waals surface area contributed by atoms with Crippen LogP contribution in [-0.4, -0.2) is 25.0 Å². The lowest BCUT2D eigenvalue weighted by Gasteiger charge is -2.32. The zero-order valence-corrected chi connectivity index (χ0v) is 13.1. The molecule has 1 aliphatic carbocycles. The third-order valence-corrected chi connectivity index (χ3v) is 5.22. The van der Waals surface area contributed by atoms with E-state index in [1.807, 2.05) is 0 Å². The van der Waals surface area contributed by atoms with E-state index in [-0.39, 0.29) is 5.91 Å². The average Bonchev–Trinajstić information content (AvgIpc) is 2.74. The smallest absolute Gasteiger partial charge is 0.220 e. The molecule has 2 unspecified atom stereocenters. The number of hydrogen-bond acceptors (Lipinski definition) is 2. The molecule has 1 amide bonds. The highest BCUT2D eigenvalue weighted by atomic mass is 16.1. The van der Waals surface area contributed by atoms with E-state index >= 15 is 0 Å². The molecule has 1 heterocycles. The van der Waals surface area contributed by atoms with Gasteiger partial charge in [-0.2, -0.15) is 0 Å². The second-order valence-corrected chi connectivity index (χ2v) is 6.74. The molecule has 20 heavy (non-hydrogen) atoms. The molecule has 1 saturated carbocycles. The summed E-state index contributed by atoms with van der Waals surface area (Å²) in [5, 5.41) is 6.76. The Labute approximate surface area is 124 Å². The first kappa shape index (κ1) is 15.8. The van der Waals surface area contributed by atoms with Crippen molar-refractivity contribution in [2.45, 2.75) is 77.2 Å². The molecule has 3 nitrogen and oxygen atoms in total. The van der Waals surface area contributed by atoms with Crippen LogP contribution < -0.4 is 10.6 Å². The van der Waals surface area contributed by atoms with Gasteiger partial charge in [-0.15, -0.1) is 0 Å². The summed E-state index contributed by atoms with van der Waals surface area (Å²) in [4.78, 5) is 12.1. The van der Waals surface area contributed by atoms with Gasteiger partial charge < -0.3 is 10.6 Å². The fourth-order valence-corrected chi connectivity index (χ4v) is 3.87. The fourth-order valence-electron chi connectivity index (χ4n) is 3.87. The summed E-state index contributed by atoms with van der Waals surface area (Å²) in [5.41, 5.74) is 0. The Morgan fingerprint density at radius 2 is 1.85 bits per heavy atom. The number of carbonyl (C=O) groups is 1. The van der Waals surface area contributed by atoms with Crippen LogP contribution in [0.1, 0.15) is 71.1 Å². The molecule has 0 bridgehead atoms. The second-order valence-electron chi connectivity index (χ2n) is 6.74. The standard InChI is InChI=1S/C17H32N2O/c1-2-15-10-7-11-18-16(15)13-19-17(20)12-14-8-5-3-4-6-9-14/h14-16,18H,2-13H2,1H3,(H,19,20). The first-order valence-corrected chi connectivity index (χ1v) is 8.79. The first-order valence-electron chi connectivity index (χ1n) is 8.79. The predicted molar refractivity (Wildman–Crippen MR) is 83.6 cm³/mol. The van der Waals surface area contributed by atoms with Crippen molar-refractivity contribution in [1.29, 1.82) is 0 Å². The van der Waals surface area contributed by atoms with E-state index in [4.69, 9.17) is 0 Å². The molecule has 0 aromatic carbocycles. The minimum absolute atomic E-state index is 0.277. The van der Waals surface area contributed by atoms with Gasteiger partial charge in [-0.05, 0) is 44.1 Å². The second kappa shape index (κ2) is 8.66. The molecule has 0 radical (unpaired) electrons. The zero-order chi connectivity index (χ0) is 14.2. The van der Waals surface area contributed by atoms with E-state index < -0.39 is 0 Å².